The summed E-state index contributed by atoms with van der Waals surface area (Å²) in [6.45, 7) is 3.56. The van der Waals surface area contributed by atoms with E-state index in [0.717, 1.165) is 54.2 Å². The van der Waals surface area contributed by atoms with E-state index in [1.54, 1.807) is 6.33 Å². The van der Waals surface area contributed by atoms with Gasteiger partial charge in [-0.2, -0.15) is 0 Å². The predicted molar refractivity (Wildman–Crippen MR) is 141 cm³/mol. The van der Waals surface area contributed by atoms with E-state index in [-0.39, 0.29) is 11.8 Å². The molecule has 0 spiro atoms. The SMILES string of the molecule is O=C(CCNC1=NCCN1)N(CCCC(c1ccc(Br)cc1)c1ccccn1)CCc1cnc[nH]1. The van der Waals surface area contributed by atoms with E-state index in [4.69, 9.17) is 0 Å². The molecular formula is C26H32BrN7O. The standard InChI is InChI=1S/C26H32BrN7O/c27-21-8-6-20(7-9-21)23(24-5-1-2-12-29-24)4-3-16-34(17-11-22-18-28-19-33-22)25(35)10-13-30-26-31-14-15-32-26/h1-2,5-9,12,18-19,23H,3-4,10-11,13-17H2,(H,28,33)(H2,30,31,32). The first-order valence-electron chi connectivity index (χ1n) is 12.1. The molecule has 3 heterocycles. The van der Waals surface area contributed by atoms with Crippen molar-refractivity contribution in [2.45, 2.75) is 31.6 Å². The predicted octanol–water partition coefficient (Wildman–Crippen LogP) is 3.49. The van der Waals surface area contributed by atoms with Gasteiger partial charge in [-0.05, 0) is 42.7 Å². The number of hydrogen-bond acceptors (Lipinski definition) is 6. The number of benzene rings is 1. The van der Waals surface area contributed by atoms with Gasteiger partial charge < -0.3 is 20.5 Å². The number of aromatic amines is 1. The summed E-state index contributed by atoms with van der Waals surface area (Å²) >= 11 is 3.53. The molecule has 1 amide bonds. The molecule has 1 aliphatic heterocycles. The van der Waals surface area contributed by atoms with Crippen LogP contribution in [0.5, 0.6) is 0 Å². The molecule has 0 radical (unpaired) electrons. The largest absolute Gasteiger partial charge is 0.356 e. The van der Waals surface area contributed by atoms with Crippen LogP contribution in [0.2, 0.25) is 0 Å². The Morgan fingerprint density at radius 2 is 2.06 bits per heavy atom. The second-order valence-electron chi connectivity index (χ2n) is 8.54. The second kappa shape index (κ2) is 13.0. The summed E-state index contributed by atoms with van der Waals surface area (Å²) < 4.78 is 1.06. The third-order valence-electron chi connectivity index (χ3n) is 6.10. The number of carbonyl (C=O) groups is 1. The Kier molecular flexibility index (Phi) is 9.28. The number of imidazole rings is 1. The van der Waals surface area contributed by atoms with Crippen LogP contribution in [-0.4, -0.2) is 64.4 Å². The Hall–Kier alpha value is -3.20. The third-order valence-corrected chi connectivity index (χ3v) is 6.63. The van der Waals surface area contributed by atoms with Crippen molar-refractivity contribution >= 4 is 27.8 Å². The van der Waals surface area contributed by atoms with Gasteiger partial charge in [0.2, 0.25) is 5.91 Å². The molecule has 35 heavy (non-hydrogen) atoms. The maximum atomic E-state index is 13.1. The van der Waals surface area contributed by atoms with Crippen molar-refractivity contribution in [3.05, 3.63) is 82.6 Å². The highest BCUT2D eigenvalue weighted by Crippen LogP contribution is 2.29. The van der Waals surface area contributed by atoms with Crippen LogP contribution in [0.4, 0.5) is 0 Å². The molecule has 184 valence electrons. The Bertz CT molecular complexity index is 1070. The van der Waals surface area contributed by atoms with E-state index < -0.39 is 0 Å². The number of halogens is 1. The van der Waals surface area contributed by atoms with Gasteiger partial charge in [-0.1, -0.05) is 34.1 Å². The summed E-state index contributed by atoms with van der Waals surface area (Å²) in [7, 11) is 0. The van der Waals surface area contributed by atoms with Gasteiger partial charge in [-0.25, -0.2) is 4.98 Å². The number of amides is 1. The first-order chi connectivity index (χ1) is 17.2. The van der Waals surface area contributed by atoms with Crippen LogP contribution in [-0.2, 0) is 11.2 Å². The van der Waals surface area contributed by atoms with Crippen molar-refractivity contribution < 1.29 is 4.79 Å². The Labute approximate surface area is 214 Å². The van der Waals surface area contributed by atoms with E-state index in [9.17, 15) is 4.79 Å². The molecule has 4 rings (SSSR count). The number of aromatic nitrogens is 3. The highest BCUT2D eigenvalue weighted by Gasteiger charge is 2.18. The van der Waals surface area contributed by atoms with E-state index in [1.165, 1.54) is 5.56 Å². The minimum atomic E-state index is 0.147. The van der Waals surface area contributed by atoms with Crippen LogP contribution in [0.1, 0.15) is 42.1 Å². The first-order valence-corrected chi connectivity index (χ1v) is 12.9. The van der Waals surface area contributed by atoms with Gasteiger partial charge in [-0.3, -0.25) is 14.8 Å². The van der Waals surface area contributed by atoms with E-state index >= 15 is 0 Å². The molecule has 0 saturated heterocycles. The van der Waals surface area contributed by atoms with Gasteiger partial charge in [0.1, 0.15) is 0 Å². The highest BCUT2D eigenvalue weighted by atomic mass is 79.9. The van der Waals surface area contributed by atoms with Gasteiger partial charge in [0.15, 0.2) is 5.96 Å². The van der Waals surface area contributed by atoms with Crippen molar-refractivity contribution in [3.8, 4) is 0 Å². The van der Waals surface area contributed by atoms with Crippen molar-refractivity contribution in [2.24, 2.45) is 4.99 Å². The lowest BCUT2D eigenvalue weighted by molar-refractivity contribution is -0.131. The van der Waals surface area contributed by atoms with E-state index in [2.05, 4.69) is 76.8 Å². The van der Waals surface area contributed by atoms with Crippen LogP contribution >= 0.6 is 15.9 Å². The first kappa shape index (κ1) is 24.9. The summed E-state index contributed by atoms with van der Waals surface area (Å²) in [6.07, 6.45) is 8.32. The molecule has 3 N–H and O–H groups in total. The maximum Gasteiger partial charge on any atom is 0.224 e. The summed E-state index contributed by atoms with van der Waals surface area (Å²) in [6, 6.07) is 14.5. The summed E-state index contributed by atoms with van der Waals surface area (Å²) in [5.74, 6) is 1.12. The van der Waals surface area contributed by atoms with Gasteiger partial charge in [0, 0.05) is 73.2 Å². The number of carbonyl (C=O) groups excluding carboxylic acids is 1. The maximum absolute atomic E-state index is 13.1. The minimum absolute atomic E-state index is 0.147. The normalized spacial score (nSPS) is 13.7. The van der Waals surface area contributed by atoms with Crippen LogP contribution < -0.4 is 10.6 Å². The van der Waals surface area contributed by atoms with Crippen molar-refractivity contribution in [1.29, 1.82) is 0 Å². The van der Waals surface area contributed by atoms with E-state index in [0.29, 0.717) is 26.1 Å². The number of H-pyrrole nitrogens is 1. The van der Waals surface area contributed by atoms with E-state index in [1.807, 2.05) is 29.4 Å². The quantitative estimate of drug-likeness (QED) is 0.328. The second-order valence-corrected chi connectivity index (χ2v) is 9.46. The summed E-state index contributed by atoms with van der Waals surface area (Å²) in [5.41, 5.74) is 3.32. The van der Waals surface area contributed by atoms with Gasteiger partial charge >= 0.3 is 0 Å². The minimum Gasteiger partial charge on any atom is -0.356 e. The average molecular weight is 538 g/mol. The van der Waals surface area contributed by atoms with Crippen molar-refractivity contribution in [3.63, 3.8) is 0 Å². The van der Waals surface area contributed by atoms with Crippen molar-refractivity contribution in [1.82, 2.24) is 30.5 Å². The molecule has 0 bridgehead atoms. The van der Waals surface area contributed by atoms with Crippen LogP contribution in [0.15, 0.2) is 70.7 Å². The smallest absolute Gasteiger partial charge is 0.224 e. The molecule has 2 aromatic heterocycles. The molecule has 0 aliphatic carbocycles. The number of rotatable bonds is 12. The number of nitrogens with one attached hydrogen (secondary N) is 3. The molecule has 1 aromatic carbocycles. The third kappa shape index (κ3) is 7.65. The molecule has 0 fully saturated rings. The molecule has 0 saturated carbocycles. The molecule has 1 aliphatic rings. The zero-order valence-corrected chi connectivity index (χ0v) is 21.4. The molecule has 1 unspecified atom stereocenters. The molecule has 1 atom stereocenters. The van der Waals surface area contributed by atoms with Crippen LogP contribution in [0.25, 0.3) is 0 Å². The zero-order valence-electron chi connectivity index (χ0n) is 19.8. The van der Waals surface area contributed by atoms with Gasteiger partial charge in [0.05, 0.1) is 12.9 Å². The fourth-order valence-electron chi connectivity index (χ4n) is 4.25. The lowest BCUT2D eigenvalue weighted by atomic mass is 9.90. The van der Waals surface area contributed by atoms with Gasteiger partial charge in [0.25, 0.3) is 0 Å². The average Bonchev–Trinajstić information content (AvgIpc) is 3.59. The Morgan fingerprint density at radius 1 is 1.17 bits per heavy atom. The lowest BCUT2D eigenvalue weighted by Gasteiger charge is -2.24. The number of aliphatic imine (C=N–C) groups is 1. The van der Waals surface area contributed by atoms with Gasteiger partial charge in [-0.15, -0.1) is 0 Å². The summed E-state index contributed by atoms with van der Waals surface area (Å²) in [5, 5.41) is 6.40. The Balaban J connectivity index is 1.37. The van der Waals surface area contributed by atoms with Crippen LogP contribution in [0, 0.1) is 0 Å². The molecule has 8 nitrogen and oxygen atoms in total. The fraction of sp³-hybridized carbons (Fsp3) is 0.385. The molecule has 9 heteroatoms. The van der Waals surface area contributed by atoms with Crippen molar-refractivity contribution in [2.75, 3.05) is 32.7 Å². The number of hydrogen-bond donors (Lipinski definition) is 3. The molecule has 3 aromatic rings. The van der Waals surface area contributed by atoms with Crippen LogP contribution in [0.3, 0.4) is 0 Å². The topological polar surface area (TPSA) is 98.3 Å². The summed E-state index contributed by atoms with van der Waals surface area (Å²) in [4.78, 5) is 31.3. The Morgan fingerprint density at radius 3 is 2.77 bits per heavy atom. The molecular weight excluding hydrogens is 506 g/mol. The highest BCUT2D eigenvalue weighted by molar-refractivity contribution is 9.10. The monoisotopic (exact) mass is 537 g/mol. The fourth-order valence-corrected chi connectivity index (χ4v) is 4.51. The number of pyridine rings is 1. The zero-order chi connectivity index (χ0) is 24.3. The number of guanidine groups is 1. The number of nitrogens with zero attached hydrogens (tertiary/aromatic N) is 4. The lowest BCUT2D eigenvalue weighted by Crippen LogP contribution is -2.39.